The first-order chi connectivity index (χ1) is 7.27. The zero-order chi connectivity index (χ0) is 11.1. The highest BCUT2D eigenvalue weighted by molar-refractivity contribution is 5.78. The lowest BCUT2D eigenvalue weighted by Crippen LogP contribution is -2.27. The summed E-state index contributed by atoms with van der Waals surface area (Å²) in [5, 5.41) is 8.71. The molecule has 0 fully saturated rings. The second-order valence-corrected chi connectivity index (χ2v) is 2.69. The Morgan fingerprint density at radius 2 is 2.13 bits per heavy atom. The molecule has 78 valence electrons. The van der Waals surface area contributed by atoms with Gasteiger partial charge < -0.3 is 9.47 Å². The summed E-state index contributed by atoms with van der Waals surface area (Å²) in [7, 11) is 0. The van der Waals surface area contributed by atoms with E-state index < -0.39 is 12.1 Å². The van der Waals surface area contributed by atoms with Crippen molar-refractivity contribution in [1.82, 2.24) is 0 Å². The lowest BCUT2D eigenvalue weighted by atomic mass is 10.3. The van der Waals surface area contributed by atoms with Gasteiger partial charge in [-0.3, -0.25) is 0 Å². The topological polar surface area (TPSA) is 59.3 Å². The maximum Gasteiger partial charge on any atom is 0.362 e. The zero-order valence-corrected chi connectivity index (χ0v) is 8.34. The van der Waals surface area contributed by atoms with Gasteiger partial charge in [-0.25, -0.2) is 4.79 Å². The Morgan fingerprint density at radius 1 is 1.47 bits per heavy atom. The van der Waals surface area contributed by atoms with Gasteiger partial charge in [-0.05, 0) is 19.1 Å². The van der Waals surface area contributed by atoms with Crippen LogP contribution in [0.4, 0.5) is 0 Å². The van der Waals surface area contributed by atoms with Crippen LogP contribution in [0.25, 0.3) is 0 Å². The van der Waals surface area contributed by atoms with Gasteiger partial charge in [0, 0.05) is 0 Å². The molecule has 4 nitrogen and oxygen atoms in total. The van der Waals surface area contributed by atoms with Crippen LogP contribution in [-0.4, -0.2) is 18.7 Å². The number of benzene rings is 1. The number of nitrogens with zero attached hydrogens (tertiary/aromatic N) is 1. The van der Waals surface area contributed by atoms with E-state index >= 15 is 0 Å². The summed E-state index contributed by atoms with van der Waals surface area (Å²) < 4.78 is 9.82. The average Bonchev–Trinajstić information content (AvgIpc) is 2.27. The van der Waals surface area contributed by atoms with Crippen molar-refractivity contribution in [2.24, 2.45) is 0 Å². The molecule has 0 aliphatic heterocycles. The van der Waals surface area contributed by atoms with Gasteiger partial charge in [-0.15, -0.1) is 0 Å². The fourth-order valence-corrected chi connectivity index (χ4v) is 0.980. The summed E-state index contributed by atoms with van der Waals surface area (Å²) in [4.78, 5) is 11.2. The van der Waals surface area contributed by atoms with Crippen molar-refractivity contribution in [3.05, 3.63) is 30.3 Å². The second-order valence-electron chi connectivity index (χ2n) is 2.69. The number of carbonyl (C=O) groups excluding carboxylic acids is 1. The highest BCUT2D eigenvalue weighted by Gasteiger charge is 2.20. The van der Waals surface area contributed by atoms with E-state index in [1.165, 1.54) is 0 Å². The van der Waals surface area contributed by atoms with Crippen molar-refractivity contribution in [1.29, 1.82) is 5.26 Å². The lowest BCUT2D eigenvalue weighted by Gasteiger charge is -2.10. The number of esters is 1. The first kappa shape index (κ1) is 11.1. The number of hydrogen-bond donors (Lipinski definition) is 0. The largest absolute Gasteiger partial charge is 0.464 e. The molecule has 0 bridgehead atoms. The molecule has 0 radical (unpaired) electrons. The number of carbonyl (C=O) groups is 1. The van der Waals surface area contributed by atoms with E-state index in [1.807, 2.05) is 6.07 Å². The third-order valence-corrected chi connectivity index (χ3v) is 1.62. The quantitative estimate of drug-likeness (QED) is 0.699. The maximum absolute atomic E-state index is 11.2. The van der Waals surface area contributed by atoms with Gasteiger partial charge in [0.1, 0.15) is 11.8 Å². The summed E-state index contributed by atoms with van der Waals surface area (Å²) in [6, 6.07) is 10.4. The first-order valence-corrected chi connectivity index (χ1v) is 4.56. The summed E-state index contributed by atoms with van der Waals surface area (Å²) in [6.07, 6.45) is -1.20. The Bertz CT molecular complexity index is 356. The minimum absolute atomic E-state index is 0.231. The van der Waals surface area contributed by atoms with Crippen LogP contribution >= 0.6 is 0 Å². The third-order valence-electron chi connectivity index (χ3n) is 1.62. The fraction of sp³-hybridized carbons (Fsp3) is 0.273. The minimum atomic E-state index is -1.20. The van der Waals surface area contributed by atoms with Gasteiger partial charge in [0.25, 0.3) is 6.10 Å². The van der Waals surface area contributed by atoms with E-state index in [9.17, 15) is 4.79 Å². The molecule has 1 aromatic carbocycles. The third kappa shape index (κ3) is 3.31. The molecular formula is C11H11NO3. The van der Waals surface area contributed by atoms with Crippen molar-refractivity contribution in [3.8, 4) is 11.8 Å². The van der Waals surface area contributed by atoms with Gasteiger partial charge in [0.05, 0.1) is 6.61 Å². The summed E-state index contributed by atoms with van der Waals surface area (Å²) in [5.41, 5.74) is 0. The van der Waals surface area contributed by atoms with Gasteiger partial charge in [0.2, 0.25) is 0 Å². The Balaban J connectivity index is 2.63. The maximum atomic E-state index is 11.2. The van der Waals surface area contributed by atoms with Crippen LogP contribution < -0.4 is 4.74 Å². The van der Waals surface area contributed by atoms with Crippen LogP contribution in [0.5, 0.6) is 5.75 Å². The SMILES string of the molecule is CCOC(=O)C(C#N)Oc1ccccc1. The van der Waals surface area contributed by atoms with Gasteiger partial charge in [-0.1, -0.05) is 18.2 Å². The van der Waals surface area contributed by atoms with Crippen molar-refractivity contribution < 1.29 is 14.3 Å². The highest BCUT2D eigenvalue weighted by atomic mass is 16.6. The molecule has 15 heavy (non-hydrogen) atoms. The van der Waals surface area contributed by atoms with E-state index in [0.717, 1.165) is 0 Å². The van der Waals surface area contributed by atoms with Crippen molar-refractivity contribution in [2.45, 2.75) is 13.0 Å². The van der Waals surface area contributed by atoms with E-state index in [2.05, 4.69) is 4.74 Å². The molecule has 0 aliphatic carbocycles. The van der Waals surface area contributed by atoms with E-state index in [0.29, 0.717) is 5.75 Å². The normalized spacial score (nSPS) is 11.2. The van der Waals surface area contributed by atoms with Crippen LogP contribution in [0.15, 0.2) is 30.3 Å². The Morgan fingerprint density at radius 3 is 2.67 bits per heavy atom. The van der Waals surface area contributed by atoms with Crippen LogP contribution in [0.1, 0.15) is 6.92 Å². The van der Waals surface area contributed by atoms with Crippen LogP contribution in [0.2, 0.25) is 0 Å². The average molecular weight is 205 g/mol. The van der Waals surface area contributed by atoms with Crippen molar-refractivity contribution >= 4 is 5.97 Å². The van der Waals surface area contributed by atoms with E-state index in [1.54, 1.807) is 37.3 Å². The van der Waals surface area contributed by atoms with E-state index in [4.69, 9.17) is 10.00 Å². The molecule has 1 unspecified atom stereocenters. The zero-order valence-electron chi connectivity index (χ0n) is 8.34. The highest BCUT2D eigenvalue weighted by Crippen LogP contribution is 2.11. The van der Waals surface area contributed by atoms with Crippen molar-refractivity contribution in [2.75, 3.05) is 6.61 Å². The smallest absolute Gasteiger partial charge is 0.362 e. The molecule has 0 amide bonds. The van der Waals surface area contributed by atoms with E-state index in [-0.39, 0.29) is 6.61 Å². The molecule has 0 aromatic heterocycles. The van der Waals surface area contributed by atoms with Crippen LogP contribution in [0, 0.1) is 11.3 Å². The molecule has 0 spiro atoms. The number of hydrogen-bond acceptors (Lipinski definition) is 4. The van der Waals surface area contributed by atoms with Gasteiger partial charge >= 0.3 is 5.97 Å². The predicted molar refractivity (Wildman–Crippen MR) is 53.1 cm³/mol. The monoisotopic (exact) mass is 205 g/mol. The molecule has 0 saturated heterocycles. The van der Waals surface area contributed by atoms with Crippen LogP contribution in [0.3, 0.4) is 0 Å². The number of ether oxygens (including phenoxy) is 2. The molecule has 1 atom stereocenters. The van der Waals surface area contributed by atoms with Crippen molar-refractivity contribution in [3.63, 3.8) is 0 Å². The molecule has 4 heteroatoms. The lowest BCUT2D eigenvalue weighted by molar-refractivity contribution is -0.148. The first-order valence-electron chi connectivity index (χ1n) is 4.56. The van der Waals surface area contributed by atoms with Gasteiger partial charge in [-0.2, -0.15) is 5.26 Å². The Labute approximate surface area is 88.0 Å². The number of nitriles is 1. The van der Waals surface area contributed by atoms with Gasteiger partial charge in [0.15, 0.2) is 0 Å². The molecule has 0 saturated carbocycles. The minimum Gasteiger partial charge on any atom is -0.464 e. The van der Waals surface area contributed by atoms with Crippen LogP contribution in [-0.2, 0) is 9.53 Å². The molecule has 0 N–H and O–H groups in total. The molecule has 0 heterocycles. The molecule has 1 aromatic rings. The molecule has 1 rings (SSSR count). The Hall–Kier alpha value is -2.02. The standard InChI is InChI=1S/C11H11NO3/c1-2-14-11(13)10(8-12)15-9-6-4-3-5-7-9/h3-7,10H,2H2,1H3. The second kappa shape index (κ2) is 5.66. The number of para-hydroxylation sites is 1. The summed E-state index contributed by atoms with van der Waals surface area (Å²) >= 11 is 0. The molecular weight excluding hydrogens is 194 g/mol. The predicted octanol–water partition coefficient (Wildman–Crippen LogP) is 1.52. The fourth-order valence-electron chi connectivity index (χ4n) is 0.980. The summed E-state index contributed by atoms with van der Waals surface area (Å²) in [6.45, 7) is 1.91. The summed E-state index contributed by atoms with van der Waals surface area (Å²) in [5.74, 6) is -0.194. The Kier molecular flexibility index (Phi) is 4.17. The molecule has 0 aliphatic rings. The number of rotatable bonds is 4.